The van der Waals surface area contributed by atoms with E-state index in [4.69, 9.17) is 4.74 Å². The molecule has 7 nitrogen and oxygen atoms in total. The Bertz CT molecular complexity index is 448. The molecular formula is C12H17N3O4. The van der Waals surface area contributed by atoms with Gasteiger partial charge >= 0.3 is 5.69 Å². The van der Waals surface area contributed by atoms with Gasteiger partial charge in [-0.2, -0.15) is 0 Å². The molecule has 1 amide bonds. The quantitative estimate of drug-likeness (QED) is 0.579. The maximum Gasteiger partial charge on any atom is 0.310 e. The minimum Gasteiger partial charge on any atom is -0.477 e. The average molecular weight is 267 g/mol. The third-order valence-corrected chi connectivity index (χ3v) is 2.30. The predicted octanol–water partition coefficient (Wildman–Crippen LogP) is 0.651. The highest BCUT2D eigenvalue weighted by Crippen LogP contribution is 2.25. The van der Waals surface area contributed by atoms with E-state index in [9.17, 15) is 14.9 Å². The van der Waals surface area contributed by atoms with Crippen molar-refractivity contribution in [2.24, 2.45) is 0 Å². The molecule has 0 saturated carbocycles. The lowest BCUT2D eigenvalue weighted by atomic mass is 10.3. The maximum absolute atomic E-state index is 11.5. The molecule has 0 fully saturated rings. The van der Waals surface area contributed by atoms with Crippen LogP contribution in [0, 0.1) is 10.1 Å². The van der Waals surface area contributed by atoms with Gasteiger partial charge in [0.05, 0.1) is 4.92 Å². The van der Waals surface area contributed by atoms with Crippen molar-refractivity contribution >= 4 is 11.6 Å². The monoisotopic (exact) mass is 267 g/mol. The molecule has 0 aliphatic carbocycles. The van der Waals surface area contributed by atoms with Crippen molar-refractivity contribution in [2.75, 3.05) is 33.8 Å². The summed E-state index contributed by atoms with van der Waals surface area (Å²) in [7, 11) is 3.80. The summed E-state index contributed by atoms with van der Waals surface area (Å²) in [5, 5.41) is 13.4. The zero-order chi connectivity index (χ0) is 14.3. The van der Waals surface area contributed by atoms with Gasteiger partial charge in [-0.3, -0.25) is 14.9 Å². The van der Waals surface area contributed by atoms with Crippen molar-refractivity contribution in [3.05, 3.63) is 34.4 Å². The van der Waals surface area contributed by atoms with E-state index < -0.39 is 4.92 Å². The van der Waals surface area contributed by atoms with Crippen LogP contribution in [-0.2, 0) is 4.79 Å². The van der Waals surface area contributed by atoms with E-state index in [-0.39, 0.29) is 24.0 Å². The van der Waals surface area contributed by atoms with Crippen LogP contribution in [0.25, 0.3) is 0 Å². The van der Waals surface area contributed by atoms with Gasteiger partial charge < -0.3 is 15.0 Å². The van der Waals surface area contributed by atoms with Gasteiger partial charge in [-0.25, -0.2) is 0 Å². The third-order valence-electron chi connectivity index (χ3n) is 2.30. The summed E-state index contributed by atoms with van der Waals surface area (Å²) in [6.07, 6.45) is 0. The first-order valence-corrected chi connectivity index (χ1v) is 5.78. The fraction of sp³-hybridized carbons (Fsp3) is 0.417. The number of amides is 1. The zero-order valence-corrected chi connectivity index (χ0v) is 11.0. The molecule has 0 aliphatic heterocycles. The molecule has 0 heterocycles. The van der Waals surface area contributed by atoms with Crippen molar-refractivity contribution in [1.82, 2.24) is 10.2 Å². The average Bonchev–Trinajstić information content (AvgIpc) is 2.36. The number of hydrogen-bond donors (Lipinski definition) is 1. The van der Waals surface area contributed by atoms with Crippen molar-refractivity contribution in [3.8, 4) is 5.75 Å². The van der Waals surface area contributed by atoms with Crippen LogP contribution >= 0.6 is 0 Å². The Morgan fingerprint density at radius 3 is 2.74 bits per heavy atom. The lowest BCUT2D eigenvalue weighted by Gasteiger charge is -2.11. The summed E-state index contributed by atoms with van der Waals surface area (Å²) in [5.41, 5.74) is -0.149. The highest BCUT2D eigenvalue weighted by atomic mass is 16.6. The molecule has 0 aliphatic rings. The third kappa shape index (κ3) is 5.35. The molecule has 7 heteroatoms. The number of likely N-dealkylation sites (N-methyl/N-ethyl adjacent to an activating group) is 1. The van der Waals surface area contributed by atoms with Crippen molar-refractivity contribution in [1.29, 1.82) is 0 Å². The minimum absolute atomic E-state index is 0.0928. The van der Waals surface area contributed by atoms with E-state index >= 15 is 0 Å². The highest BCUT2D eigenvalue weighted by molar-refractivity contribution is 5.77. The maximum atomic E-state index is 11.5. The second-order valence-electron chi connectivity index (χ2n) is 4.17. The summed E-state index contributed by atoms with van der Waals surface area (Å²) in [6.45, 7) is 0.988. The molecule has 0 saturated heterocycles. The Labute approximate surface area is 111 Å². The van der Waals surface area contributed by atoms with Gasteiger partial charge in [0.15, 0.2) is 12.4 Å². The van der Waals surface area contributed by atoms with Crippen molar-refractivity contribution in [3.63, 3.8) is 0 Å². The lowest BCUT2D eigenvalue weighted by Crippen LogP contribution is -2.34. The van der Waals surface area contributed by atoms with Gasteiger partial charge in [-0.1, -0.05) is 12.1 Å². The summed E-state index contributed by atoms with van der Waals surface area (Å²) < 4.78 is 5.15. The van der Waals surface area contributed by atoms with E-state index in [1.54, 1.807) is 12.1 Å². The summed E-state index contributed by atoms with van der Waals surface area (Å²) in [6, 6.07) is 5.96. The van der Waals surface area contributed by atoms with Crippen LogP contribution in [0.15, 0.2) is 24.3 Å². The standard InChI is InChI=1S/C12H17N3O4/c1-14(2)8-7-13-12(16)9-19-11-6-4-3-5-10(11)15(17)18/h3-6H,7-9H2,1-2H3,(H,13,16). The van der Waals surface area contributed by atoms with Gasteiger partial charge in [0, 0.05) is 19.2 Å². The summed E-state index contributed by atoms with van der Waals surface area (Å²) >= 11 is 0. The molecular weight excluding hydrogens is 250 g/mol. The Kier molecular flexibility index (Phi) is 5.74. The van der Waals surface area contributed by atoms with Crippen LogP contribution in [-0.4, -0.2) is 49.5 Å². The second-order valence-corrected chi connectivity index (χ2v) is 4.17. The van der Waals surface area contributed by atoms with Gasteiger partial charge in [-0.15, -0.1) is 0 Å². The van der Waals surface area contributed by atoms with E-state index in [0.717, 1.165) is 6.54 Å². The van der Waals surface area contributed by atoms with Gasteiger partial charge in [0.2, 0.25) is 0 Å². The lowest BCUT2D eigenvalue weighted by molar-refractivity contribution is -0.385. The number of ether oxygens (including phenoxy) is 1. The molecule has 0 radical (unpaired) electrons. The van der Waals surface area contributed by atoms with Gasteiger partial charge in [0.25, 0.3) is 5.91 Å². The molecule has 1 aromatic carbocycles. The fourth-order valence-corrected chi connectivity index (χ4v) is 1.34. The normalized spacial score (nSPS) is 10.3. The Balaban J connectivity index is 2.44. The number of rotatable bonds is 7. The molecule has 0 unspecified atom stereocenters. The molecule has 0 atom stereocenters. The van der Waals surface area contributed by atoms with Crippen LogP contribution in [0.4, 0.5) is 5.69 Å². The summed E-state index contributed by atoms with van der Waals surface area (Å²) in [4.78, 5) is 23.6. The fourth-order valence-electron chi connectivity index (χ4n) is 1.34. The van der Waals surface area contributed by atoms with E-state index in [2.05, 4.69) is 5.32 Å². The number of nitrogens with zero attached hydrogens (tertiary/aromatic N) is 2. The first-order valence-electron chi connectivity index (χ1n) is 5.78. The van der Waals surface area contributed by atoms with E-state index in [1.165, 1.54) is 12.1 Å². The Hall–Kier alpha value is -2.15. The van der Waals surface area contributed by atoms with Crippen LogP contribution in [0.1, 0.15) is 0 Å². The number of carbonyl (C=O) groups is 1. The molecule has 0 aromatic heterocycles. The molecule has 19 heavy (non-hydrogen) atoms. The minimum atomic E-state index is -0.542. The van der Waals surface area contributed by atoms with Crippen molar-refractivity contribution < 1.29 is 14.5 Å². The molecule has 1 N–H and O–H groups in total. The largest absolute Gasteiger partial charge is 0.477 e. The highest BCUT2D eigenvalue weighted by Gasteiger charge is 2.14. The number of hydrogen-bond acceptors (Lipinski definition) is 5. The summed E-state index contributed by atoms with van der Waals surface area (Å²) in [5.74, 6) is -0.213. The van der Waals surface area contributed by atoms with Crippen molar-refractivity contribution in [2.45, 2.75) is 0 Å². The Morgan fingerprint density at radius 2 is 2.11 bits per heavy atom. The van der Waals surface area contributed by atoms with E-state index in [0.29, 0.717) is 6.54 Å². The number of nitrogens with one attached hydrogen (secondary N) is 1. The first kappa shape index (κ1) is 14.9. The number of nitro groups is 1. The van der Waals surface area contributed by atoms with Gasteiger partial charge in [0.1, 0.15) is 0 Å². The number of carbonyl (C=O) groups excluding carboxylic acids is 1. The molecule has 0 bridgehead atoms. The number of para-hydroxylation sites is 2. The molecule has 104 valence electrons. The number of benzene rings is 1. The SMILES string of the molecule is CN(C)CCNC(=O)COc1ccccc1[N+](=O)[O-]. The van der Waals surface area contributed by atoms with Crippen LogP contribution in [0.5, 0.6) is 5.75 Å². The molecule has 1 rings (SSSR count). The van der Waals surface area contributed by atoms with Gasteiger partial charge in [-0.05, 0) is 20.2 Å². The molecule has 0 spiro atoms. The predicted molar refractivity (Wildman–Crippen MR) is 70.2 cm³/mol. The molecule has 1 aromatic rings. The zero-order valence-electron chi connectivity index (χ0n) is 11.0. The van der Waals surface area contributed by atoms with Crippen LogP contribution in [0.3, 0.4) is 0 Å². The number of nitro benzene ring substituents is 1. The van der Waals surface area contributed by atoms with Crippen LogP contribution in [0.2, 0.25) is 0 Å². The smallest absolute Gasteiger partial charge is 0.310 e. The first-order chi connectivity index (χ1) is 9.00. The van der Waals surface area contributed by atoms with Crippen LogP contribution < -0.4 is 10.1 Å². The topological polar surface area (TPSA) is 84.7 Å². The second kappa shape index (κ2) is 7.32. The Morgan fingerprint density at radius 1 is 1.42 bits per heavy atom. The van der Waals surface area contributed by atoms with E-state index in [1.807, 2.05) is 19.0 Å².